The first-order chi connectivity index (χ1) is 16.1. The highest BCUT2D eigenvalue weighted by atomic mass is 16.6. The second-order valence-electron chi connectivity index (χ2n) is 8.16. The van der Waals surface area contributed by atoms with Crippen LogP contribution in [-0.2, 0) is 11.3 Å². The minimum absolute atomic E-state index is 0.0452. The lowest BCUT2D eigenvalue weighted by atomic mass is 9.99. The standard InChI is InChI=1S/C22H27NO4.C6H6/c1-16(23-13-12-21(3-2-14-24)27-22(23)26)18-8-10-20(11-9-18)19-6-4-17(15-25)5-7-19;1-2-4-6-5-3-1/h4-11,16,21,24-25H,2-3,12-15H2,1H3;1-6H. The highest BCUT2D eigenvalue weighted by Crippen LogP contribution is 2.28. The van der Waals surface area contributed by atoms with E-state index in [2.05, 4.69) is 12.1 Å². The first-order valence-corrected chi connectivity index (χ1v) is 11.5. The number of ether oxygens (including phenoxy) is 1. The van der Waals surface area contributed by atoms with E-state index in [0.29, 0.717) is 19.4 Å². The van der Waals surface area contributed by atoms with E-state index < -0.39 is 0 Å². The Morgan fingerprint density at radius 1 is 0.909 bits per heavy atom. The maximum atomic E-state index is 12.4. The van der Waals surface area contributed by atoms with Crippen molar-refractivity contribution in [3.8, 4) is 11.1 Å². The van der Waals surface area contributed by atoms with Gasteiger partial charge in [-0.25, -0.2) is 4.79 Å². The van der Waals surface area contributed by atoms with E-state index >= 15 is 0 Å². The Balaban J connectivity index is 0.000000442. The molecule has 0 aliphatic carbocycles. The fourth-order valence-electron chi connectivity index (χ4n) is 3.84. The molecule has 1 heterocycles. The van der Waals surface area contributed by atoms with Gasteiger partial charge in [-0.1, -0.05) is 84.9 Å². The molecule has 2 atom stereocenters. The SMILES string of the molecule is CC(c1ccc(-c2ccc(CO)cc2)cc1)N1CCC(CCCO)OC1=O.c1ccccc1. The van der Waals surface area contributed by atoms with Crippen LogP contribution in [0, 0.1) is 0 Å². The van der Waals surface area contributed by atoms with Gasteiger partial charge in [-0.2, -0.15) is 0 Å². The van der Waals surface area contributed by atoms with E-state index in [1.165, 1.54) is 0 Å². The monoisotopic (exact) mass is 447 g/mol. The van der Waals surface area contributed by atoms with Crippen molar-refractivity contribution in [2.24, 2.45) is 0 Å². The summed E-state index contributed by atoms with van der Waals surface area (Å²) >= 11 is 0. The van der Waals surface area contributed by atoms with E-state index in [0.717, 1.165) is 28.7 Å². The summed E-state index contributed by atoms with van der Waals surface area (Å²) < 4.78 is 5.51. The molecule has 0 radical (unpaired) electrons. The molecule has 0 bridgehead atoms. The Morgan fingerprint density at radius 3 is 1.94 bits per heavy atom. The van der Waals surface area contributed by atoms with Gasteiger partial charge in [-0.05, 0) is 42.0 Å². The average Bonchev–Trinajstić information content (AvgIpc) is 2.89. The third-order valence-electron chi connectivity index (χ3n) is 5.88. The molecule has 3 aromatic rings. The van der Waals surface area contributed by atoms with Crippen molar-refractivity contribution in [2.45, 2.75) is 44.9 Å². The molecule has 5 nitrogen and oxygen atoms in total. The molecule has 174 valence electrons. The molecule has 2 N–H and O–H groups in total. The van der Waals surface area contributed by atoms with Crippen LogP contribution in [0.1, 0.15) is 43.4 Å². The average molecular weight is 448 g/mol. The van der Waals surface area contributed by atoms with Gasteiger partial charge in [0, 0.05) is 19.6 Å². The Labute approximate surface area is 196 Å². The third-order valence-corrected chi connectivity index (χ3v) is 5.88. The Morgan fingerprint density at radius 2 is 1.45 bits per heavy atom. The zero-order valence-corrected chi connectivity index (χ0v) is 19.1. The van der Waals surface area contributed by atoms with Crippen molar-refractivity contribution in [1.82, 2.24) is 4.90 Å². The summed E-state index contributed by atoms with van der Waals surface area (Å²) in [6.07, 6.45) is 1.81. The molecule has 1 saturated heterocycles. The molecule has 5 heteroatoms. The molecule has 33 heavy (non-hydrogen) atoms. The van der Waals surface area contributed by atoms with Gasteiger partial charge in [0.15, 0.2) is 0 Å². The van der Waals surface area contributed by atoms with Crippen molar-refractivity contribution >= 4 is 6.09 Å². The van der Waals surface area contributed by atoms with Crippen LogP contribution < -0.4 is 0 Å². The van der Waals surface area contributed by atoms with Crippen LogP contribution in [0.15, 0.2) is 84.9 Å². The maximum Gasteiger partial charge on any atom is 0.410 e. The highest BCUT2D eigenvalue weighted by Gasteiger charge is 2.30. The van der Waals surface area contributed by atoms with Crippen molar-refractivity contribution in [3.05, 3.63) is 96.1 Å². The third kappa shape index (κ3) is 7.17. The summed E-state index contributed by atoms with van der Waals surface area (Å²) in [5, 5.41) is 18.1. The molecule has 2 unspecified atom stereocenters. The largest absolute Gasteiger partial charge is 0.446 e. The fraction of sp³-hybridized carbons (Fsp3) is 0.321. The lowest BCUT2D eigenvalue weighted by Gasteiger charge is -2.35. The molecule has 1 fully saturated rings. The van der Waals surface area contributed by atoms with Gasteiger partial charge in [0.05, 0.1) is 12.6 Å². The molecule has 0 saturated carbocycles. The number of hydrogen-bond donors (Lipinski definition) is 2. The van der Waals surface area contributed by atoms with Gasteiger partial charge >= 0.3 is 6.09 Å². The zero-order chi connectivity index (χ0) is 23.5. The summed E-state index contributed by atoms with van der Waals surface area (Å²) in [6.45, 7) is 2.85. The Bertz CT molecular complexity index is 931. The van der Waals surface area contributed by atoms with Crippen LogP contribution in [0.4, 0.5) is 4.79 Å². The van der Waals surface area contributed by atoms with Crippen molar-refractivity contribution in [2.75, 3.05) is 13.2 Å². The predicted octanol–water partition coefficient (Wildman–Crippen LogP) is 5.58. The lowest BCUT2D eigenvalue weighted by Crippen LogP contribution is -2.43. The Kier molecular flexibility index (Phi) is 9.48. The van der Waals surface area contributed by atoms with Crippen molar-refractivity contribution < 1.29 is 19.7 Å². The smallest absolute Gasteiger partial charge is 0.410 e. The first-order valence-electron chi connectivity index (χ1n) is 11.5. The number of aliphatic hydroxyl groups excluding tert-OH is 2. The molecule has 4 rings (SSSR count). The lowest BCUT2D eigenvalue weighted by molar-refractivity contribution is 0.00760. The number of cyclic esters (lactones) is 1. The van der Waals surface area contributed by atoms with Crippen LogP contribution in [0.3, 0.4) is 0 Å². The second-order valence-corrected chi connectivity index (χ2v) is 8.16. The highest BCUT2D eigenvalue weighted by molar-refractivity contribution is 5.69. The van der Waals surface area contributed by atoms with Crippen molar-refractivity contribution in [1.29, 1.82) is 0 Å². The summed E-state index contributed by atoms with van der Waals surface area (Å²) in [6, 6.07) is 28.0. The number of benzene rings is 3. The second kappa shape index (κ2) is 12.8. The molecule has 1 aliphatic heterocycles. The zero-order valence-electron chi connectivity index (χ0n) is 19.1. The number of carbonyl (C=O) groups excluding carboxylic acids is 1. The van der Waals surface area contributed by atoms with Crippen LogP contribution >= 0.6 is 0 Å². The number of aliphatic hydroxyl groups is 2. The predicted molar refractivity (Wildman–Crippen MR) is 131 cm³/mol. The van der Waals surface area contributed by atoms with Crippen LogP contribution in [0.2, 0.25) is 0 Å². The van der Waals surface area contributed by atoms with Crippen LogP contribution in [-0.4, -0.2) is 40.5 Å². The minimum Gasteiger partial charge on any atom is -0.446 e. The molecule has 0 aromatic heterocycles. The quantitative estimate of drug-likeness (QED) is 0.496. The number of rotatable bonds is 7. The summed E-state index contributed by atoms with van der Waals surface area (Å²) in [4.78, 5) is 14.1. The van der Waals surface area contributed by atoms with Gasteiger partial charge < -0.3 is 19.8 Å². The number of amides is 1. The summed E-state index contributed by atoms with van der Waals surface area (Å²) in [5.74, 6) is 0. The fourth-order valence-corrected chi connectivity index (χ4v) is 3.84. The molecule has 1 amide bonds. The van der Waals surface area contributed by atoms with Gasteiger partial charge in [-0.3, -0.25) is 0 Å². The van der Waals surface area contributed by atoms with Gasteiger partial charge in [0.1, 0.15) is 6.10 Å². The topological polar surface area (TPSA) is 70.0 Å². The van der Waals surface area contributed by atoms with E-state index in [-0.39, 0.29) is 31.5 Å². The van der Waals surface area contributed by atoms with Gasteiger partial charge in [0.2, 0.25) is 0 Å². The van der Waals surface area contributed by atoms with Crippen LogP contribution in [0.5, 0.6) is 0 Å². The van der Waals surface area contributed by atoms with Crippen LogP contribution in [0.25, 0.3) is 11.1 Å². The molecule has 3 aromatic carbocycles. The number of hydrogen-bond acceptors (Lipinski definition) is 4. The minimum atomic E-state index is -0.277. The van der Waals surface area contributed by atoms with Gasteiger partial charge in [0.25, 0.3) is 0 Å². The Hall–Kier alpha value is -3.15. The summed E-state index contributed by atoms with van der Waals surface area (Å²) in [5.41, 5.74) is 4.15. The molecular weight excluding hydrogens is 414 g/mol. The molecular formula is C28H33NO4. The van der Waals surface area contributed by atoms with E-state index in [4.69, 9.17) is 14.9 Å². The van der Waals surface area contributed by atoms with E-state index in [9.17, 15) is 4.79 Å². The maximum absolute atomic E-state index is 12.4. The first kappa shape index (κ1) is 24.5. The number of carbonyl (C=O) groups is 1. The summed E-state index contributed by atoms with van der Waals surface area (Å²) in [7, 11) is 0. The molecule has 1 aliphatic rings. The molecule has 0 spiro atoms. The number of nitrogens with zero attached hydrogens (tertiary/aromatic N) is 1. The van der Waals surface area contributed by atoms with E-state index in [1.54, 1.807) is 4.90 Å². The van der Waals surface area contributed by atoms with Crippen molar-refractivity contribution in [3.63, 3.8) is 0 Å². The normalized spacial score (nSPS) is 16.4. The van der Waals surface area contributed by atoms with Gasteiger partial charge in [-0.15, -0.1) is 0 Å². The van der Waals surface area contributed by atoms with E-state index in [1.807, 2.05) is 79.7 Å².